The predicted octanol–water partition coefficient (Wildman–Crippen LogP) is 4.41. The molecule has 0 amide bonds. The molecule has 1 heterocycles. The molecule has 0 saturated carbocycles. The molecule has 0 fully saturated rings. The van der Waals surface area contributed by atoms with Gasteiger partial charge in [-0.3, -0.25) is 9.11 Å². The first-order valence-electron chi connectivity index (χ1n) is 6.07. The molecule has 22 heavy (non-hydrogen) atoms. The summed E-state index contributed by atoms with van der Waals surface area (Å²) in [5, 5.41) is 11.7. The van der Waals surface area contributed by atoms with Gasteiger partial charge in [-0.05, 0) is 23.7 Å². The van der Waals surface area contributed by atoms with E-state index in [-0.39, 0.29) is 15.8 Å². The van der Waals surface area contributed by atoms with Gasteiger partial charge in [0.05, 0.1) is 11.3 Å². The van der Waals surface area contributed by atoms with Gasteiger partial charge in [0.2, 0.25) is 5.29 Å². The molecule has 2 aromatic rings. The van der Waals surface area contributed by atoms with E-state index in [1.807, 2.05) is 6.07 Å². The molecule has 5 nitrogen and oxygen atoms in total. The molecule has 1 aliphatic rings. The van der Waals surface area contributed by atoms with E-state index in [1.54, 1.807) is 18.2 Å². The minimum atomic E-state index is -3.43. The molecule has 2 aromatic carbocycles. The molecule has 0 aliphatic carbocycles. The summed E-state index contributed by atoms with van der Waals surface area (Å²) in [5.74, 6) is -0.653. The van der Waals surface area contributed by atoms with Crippen LogP contribution in [0.5, 0.6) is 0 Å². The van der Waals surface area contributed by atoms with Crippen molar-refractivity contribution in [3.63, 3.8) is 0 Å². The second-order valence-corrected chi connectivity index (χ2v) is 6.50. The highest BCUT2D eigenvalue weighted by Crippen LogP contribution is 2.57. The average molecular weight is 338 g/mol. The molecule has 0 aromatic heterocycles. The molecular formula is C14H9ClFN3O2S. The molecule has 112 valence electrons. The van der Waals surface area contributed by atoms with Gasteiger partial charge < -0.3 is 5.32 Å². The Balaban J connectivity index is 2.30. The number of para-hydroxylation sites is 1. The van der Waals surface area contributed by atoms with E-state index >= 15 is 0 Å². The number of fused-ring (bicyclic) bond motifs is 1. The Hall–Kier alpha value is -2.11. The van der Waals surface area contributed by atoms with Crippen LogP contribution in [0, 0.1) is 17.1 Å². The molecule has 1 aliphatic heterocycles. The van der Waals surface area contributed by atoms with E-state index < -0.39 is 16.6 Å². The Labute approximate surface area is 132 Å². The summed E-state index contributed by atoms with van der Waals surface area (Å²) in [5.41, 5.74) is 0.924. The third-order valence-electron chi connectivity index (χ3n) is 3.17. The van der Waals surface area contributed by atoms with Crippen molar-refractivity contribution >= 4 is 33.4 Å². The molecular weight excluding hydrogens is 329 g/mol. The first-order chi connectivity index (χ1) is 10.4. The largest absolute Gasteiger partial charge is 0.327 e. The predicted molar refractivity (Wildman–Crippen MR) is 84.6 cm³/mol. The summed E-state index contributed by atoms with van der Waals surface area (Å²) in [6.07, 6.45) is 0. The van der Waals surface area contributed by atoms with Gasteiger partial charge in [-0.15, -0.1) is 4.40 Å². The fraction of sp³-hybridized carbons (Fsp3) is 0. The average Bonchev–Trinajstić information content (AvgIpc) is 2.45. The standard InChI is InChI=1S/C14H9ClFN3O2S/c15-14-18-13-9(4-2-6-12(13)22(20,21)19-14)8-3-1-5-11(16)10(8)7-17/h1-6,20-21H,(H,18,19). The number of nitriles is 1. The van der Waals surface area contributed by atoms with Crippen molar-refractivity contribution in [2.24, 2.45) is 4.40 Å². The third kappa shape index (κ3) is 2.32. The highest BCUT2D eigenvalue weighted by molar-refractivity contribution is 8.23. The van der Waals surface area contributed by atoms with Crippen LogP contribution in [0.3, 0.4) is 0 Å². The highest BCUT2D eigenvalue weighted by Gasteiger charge is 2.28. The van der Waals surface area contributed by atoms with Gasteiger partial charge >= 0.3 is 0 Å². The summed E-state index contributed by atoms with van der Waals surface area (Å²) in [6, 6.07) is 10.7. The van der Waals surface area contributed by atoms with Crippen LogP contribution < -0.4 is 5.32 Å². The van der Waals surface area contributed by atoms with Gasteiger partial charge in [-0.25, -0.2) is 4.39 Å². The van der Waals surface area contributed by atoms with E-state index in [9.17, 15) is 13.5 Å². The van der Waals surface area contributed by atoms with Crippen LogP contribution in [-0.2, 0) is 0 Å². The summed E-state index contributed by atoms with van der Waals surface area (Å²) in [7, 11) is -3.43. The molecule has 3 N–H and O–H groups in total. The molecule has 8 heteroatoms. The van der Waals surface area contributed by atoms with Gasteiger partial charge in [-0.1, -0.05) is 35.0 Å². The van der Waals surface area contributed by atoms with Gasteiger partial charge in [0.25, 0.3) is 0 Å². The van der Waals surface area contributed by atoms with Gasteiger partial charge in [0.15, 0.2) is 0 Å². The number of anilines is 1. The Kier molecular flexibility index (Phi) is 3.54. The Morgan fingerprint density at radius 1 is 1.18 bits per heavy atom. The van der Waals surface area contributed by atoms with E-state index in [1.165, 1.54) is 18.2 Å². The van der Waals surface area contributed by atoms with Crippen LogP contribution in [0.2, 0.25) is 0 Å². The van der Waals surface area contributed by atoms with Crippen LogP contribution in [-0.4, -0.2) is 14.4 Å². The first kappa shape index (κ1) is 14.8. The lowest BCUT2D eigenvalue weighted by atomic mass is 9.98. The molecule has 0 radical (unpaired) electrons. The Bertz CT molecular complexity index is 848. The number of halogens is 2. The maximum Gasteiger partial charge on any atom is 0.218 e. The van der Waals surface area contributed by atoms with Gasteiger partial charge in [0.1, 0.15) is 16.8 Å². The number of amidine groups is 1. The van der Waals surface area contributed by atoms with E-state index in [0.717, 1.165) is 0 Å². The van der Waals surface area contributed by atoms with Gasteiger partial charge in [0, 0.05) is 11.1 Å². The number of hydrogen-bond acceptors (Lipinski definition) is 5. The lowest BCUT2D eigenvalue weighted by Gasteiger charge is -2.33. The monoisotopic (exact) mass is 337 g/mol. The first-order valence-corrected chi connectivity index (χ1v) is 7.95. The minimum Gasteiger partial charge on any atom is -0.327 e. The summed E-state index contributed by atoms with van der Waals surface area (Å²) >= 11 is 5.79. The molecule has 0 bridgehead atoms. The molecule has 3 rings (SSSR count). The summed E-state index contributed by atoms with van der Waals surface area (Å²) < 4.78 is 37.5. The number of benzene rings is 2. The minimum absolute atomic E-state index is 0.132. The van der Waals surface area contributed by atoms with Crippen LogP contribution in [0.4, 0.5) is 10.1 Å². The van der Waals surface area contributed by atoms with Crippen molar-refractivity contribution in [1.29, 1.82) is 5.26 Å². The quantitative estimate of drug-likeness (QED) is 0.672. The number of nitrogens with zero attached hydrogens (tertiary/aromatic N) is 2. The smallest absolute Gasteiger partial charge is 0.218 e. The molecule has 0 atom stereocenters. The van der Waals surface area contributed by atoms with Crippen LogP contribution in [0.1, 0.15) is 5.56 Å². The normalized spacial score (nSPS) is 16.8. The zero-order chi connectivity index (χ0) is 15.9. The maximum absolute atomic E-state index is 13.8. The van der Waals surface area contributed by atoms with Crippen molar-refractivity contribution in [3.05, 3.63) is 47.8 Å². The van der Waals surface area contributed by atoms with Crippen molar-refractivity contribution in [1.82, 2.24) is 0 Å². The van der Waals surface area contributed by atoms with E-state index in [0.29, 0.717) is 16.8 Å². The molecule has 0 spiro atoms. The van der Waals surface area contributed by atoms with Crippen LogP contribution in [0.25, 0.3) is 11.1 Å². The van der Waals surface area contributed by atoms with Crippen molar-refractivity contribution in [3.8, 4) is 17.2 Å². The Morgan fingerprint density at radius 2 is 1.86 bits per heavy atom. The number of rotatable bonds is 1. The Morgan fingerprint density at radius 3 is 2.59 bits per heavy atom. The third-order valence-corrected chi connectivity index (χ3v) is 4.82. The highest BCUT2D eigenvalue weighted by atomic mass is 35.5. The topological polar surface area (TPSA) is 88.6 Å². The van der Waals surface area contributed by atoms with E-state index in [2.05, 4.69) is 9.71 Å². The fourth-order valence-corrected chi connectivity index (χ4v) is 3.71. The summed E-state index contributed by atoms with van der Waals surface area (Å²) in [4.78, 5) is 0.141. The summed E-state index contributed by atoms with van der Waals surface area (Å²) in [6.45, 7) is 0. The lowest BCUT2D eigenvalue weighted by molar-refractivity contribution is 0.489. The maximum atomic E-state index is 13.8. The zero-order valence-electron chi connectivity index (χ0n) is 10.9. The van der Waals surface area contributed by atoms with Crippen LogP contribution >= 0.6 is 22.4 Å². The SMILES string of the molecule is N#Cc1c(F)cccc1-c1cccc2c1NC(Cl)=NS2(O)O. The second kappa shape index (κ2) is 5.26. The van der Waals surface area contributed by atoms with Crippen molar-refractivity contribution in [2.75, 3.05) is 5.32 Å². The van der Waals surface area contributed by atoms with Crippen molar-refractivity contribution < 1.29 is 13.5 Å². The second-order valence-electron chi connectivity index (χ2n) is 4.48. The van der Waals surface area contributed by atoms with Crippen LogP contribution in [0.15, 0.2) is 45.7 Å². The van der Waals surface area contributed by atoms with E-state index in [4.69, 9.17) is 16.9 Å². The fourth-order valence-electron chi connectivity index (χ4n) is 2.26. The molecule has 0 unspecified atom stereocenters. The van der Waals surface area contributed by atoms with Crippen molar-refractivity contribution in [2.45, 2.75) is 4.90 Å². The van der Waals surface area contributed by atoms with Gasteiger partial charge in [-0.2, -0.15) is 5.26 Å². The molecule has 0 saturated heterocycles. The number of hydrogen-bond donors (Lipinski definition) is 3. The zero-order valence-corrected chi connectivity index (χ0v) is 12.5. The number of nitrogens with one attached hydrogen (secondary N) is 1. The lowest BCUT2D eigenvalue weighted by Crippen LogP contribution is -2.16.